The molecule has 0 saturated carbocycles. The van der Waals surface area contributed by atoms with Crippen LogP contribution in [0.15, 0.2) is 33.1 Å². The fraction of sp³-hybridized carbons (Fsp3) is 0.357. The number of carbonyl (C=O) groups is 1. The molecule has 0 aliphatic rings. The molecule has 0 unspecified atom stereocenters. The lowest BCUT2D eigenvalue weighted by Gasteiger charge is -2.13. The van der Waals surface area contributed by atoms with Crippen LogP contribution in [0.3, 0.4) is 0 Å². The smallest absolute Gasteiger partial charge is 0.266 e. The Kier molecular flexibility index (Phi) is 6.66. The number of aromatic nitrogens is 2. The van der Waals surface area contributed by atoms with Crippen molar-refractivity contribution in [3.05, 3.63) is 28.7 Å². The zero-order chi connectivity index (χ0) is 15.9. The van der Waals surface area contributed by atoms with E-state index in [2.05, 4.69) is 38.4 Å². The van der Waals surface area contributed by atoms with E-state index in [-0.39, 0.29) is 5.91 Å². The molecular weight excluding hydrogens is 386 g/mol. The van der Waals surface area contributed by atoms with Gasteiger partial charge in [-0.2, -0.15) is 0 Å². The van der Waals surface area contributed by atoms with Crippen molar-refractivity contribution in [1.29, 1.82) is 0 Å². The maximum absolute atomic E-state index is 12.1. The summed E-state index contributed by atoms with van der Waals surface area (Å²) in [5, 5.41) is 11.2. The van der Waals surface area contributed by atoms with Crippen LogP contribution in [-0.2, 0) is 4.79 Å². The van der Waals surface area contributed by atoms with E-state index in [1.54, 1.807) is 30.8 Å². The van der Waals surface area contributed by atoms with Crippen LogP contribution >= 0.6 is 39.0 Å². The highest BCUT2D eigenvalue weighted by Crippen LogP contribution is 2.26. The molecule has 5 nitrogen and oxygen atoms in total. The number of anilines is 1. The minimum absolute atomic E-state index is 0.244. The van der Waals surface area contributed by atoms with Crippen molar-refractivity contribution >= 4 is 50.1 Å². The summed E-state index contributed by atoms with van der Waals surface area (Å²) >= 11 is 6.37. The van der Waals surface area contributed by atoms with Gasteiger partial charge in [-0.25, -0.2) is 0 Å². The van der Waals surface area contributed by atoms with Crippen LogP contribution in [0.25, 0.3) is 0 Å². The van der Waals surface area contributed by atoms with Gasteiger partial charge in [0.2, 0.25) is 5.13 Å². The summed E-state index contributed by atoms with van der Waals surface area (Å²) < 4.78 is 7.41. The highest BCUT2D eigenvalue weighted by atomic mass is 79.9. The van der Waals surface area contributed by atoms with Crippen LogP contribution in [0.5, 0.6) is 5.75 Å². The lowest BCUT2D eigenvalue weighted by molar-refractivity contribution is -0.122. The van der Waals surface area contributed by atoms with Crippen LogP contribution in [-0.4, -0.2) is 28.0 Å². The van der Waals surface area contributed by atoms with E-state index in [0.717, 1.165) is 21.0 Å². The van der Waals surface area contributed by atoms with Crippen molar-refractivity contribution in [3.8, 4) is 5.75 Å². The molecule has 1 N–H and O–H groups in total. The average molecular weight is 402 g/mol. The van der Waals surface area contributed by atoms with Crippen molar-refractivity contribution in [2.75, 3.05) is 11.1 Å². The number of benzene rings is 1. The summed E-state index contributed by atoms with van der Waals surface area (Å²) in [6, 6.07) is 7.33. The van der Waals surface area contributed by atoms with Crippen molar-refractivity contribution in [2.45, 2.75) is 30.7 Å². The number of halogens is 1. The van der Waals surface area contributed by atoms with Crippen molar-refractivity contribution < 1.29 is 9.53 Å². The summed E-state index contributed by atoms with van der Waals surface area (Å²) in [6.07, 6.45) is 0.459. The number of amides is 1. The summed E-state index contributed by atoms with van der Waals surface area (Å²) in [7, 11) is 0. The van der Waals surface area contributed by atoms with E-state index >= 15 is 0 Å². The standard InChI is InChI=1S/C14H16BrN3O2S2/c1-3-8-21-14-18-17-13(22-14)16-12(19)9(2)20-11-6-4-10(15)5-7-11/h4-7,9H,3,8H2,1-2H3,(H,16,17,19)/t9-/m0/s1. The number of rotatable bonds is 7. The number of ether oxygens (including phenoxy) is 1. The van der Waals surface area contributed by atoms with Gasteiger partial charge in [-0.05, 0) is 37.6 Å². The number of hydrogen-bond donors (Lipinski definition) is 1. The monoisotopic (exact) mass is 401 g/mol. The largest absolute Gasteiger partial charge is 0.481 e. The maximum atomic E-state index is 12.1. The molecule has 0 radical (unpaired) electrons. The van der Waals surface area contributed by atoms with Gasteiger partial charge in [-0.3, -0.25) is 10.1 Å². The Morgan fingerprint density at radius 1 is 1.41 bits per heavy atom. The Hall–Kier alpha value is -1.12. The van der Waals surface area contributed by atoms with Crippen LogP contribution in [0, 0.1) is 0 Å². The predicted molar refractivity (Wildman–Crippen MR) is 93.8 cm³/mol. The second kappa shape index (κ2) is 8.50. The average Bonchev–Trinajstić information content (AvgIpc) is 2.95. The Balaban J connectivity index is 1.88. The van der Waals surface area contributed by atoms with Crippen LogP contribution in [0.4, 0.5) is 5.13 Å². The Bertz CT molecular complexity index is 619. The third-order valence-corrected chi connectivity index (χ3v) is 5.27. The van der Waals surface area contributed by atoms with Gasteiger partial charge >= 0.3 is 0 Å². The maximum Gasteiger partial charge on any atom is 0.266 e. The molecule has 8 heteroatoms. The second-order valence-electron chi connectivity index (χ2n) is 4.42. The van der Waals surface area contributed by atoms with Gasteiger partial charge in [0.25, 0.3) is 5.91 Å². The molecule has 2 rings (SSSR count). The predicted octanol–water partition coefficient (Wildman–Crippen LogP) is 4.21. The Labute approximate surface area is 146 Å². The number of nitrogens with one attached hydrogen (secondary N) is 1. The summed E-state index contributed by atoms with van der Waals surface area (Å²) in [5.74, 6) is 1.39. The van der Waals surface area contributed by atoms with Gasteiger partial charge in [-0.1, -0.05) is 46.0 Å². The molecule has 1 aromatic carbocycles. The van der Waals surface area contributed by atoms with E-state index in [0.29, 0.717) is 10.9 Å². The molecule has 0 aliphatic heterocycles. The SMILES string of the molecule is CCCSc1nnc(NC(=O)[C@H](C)Oc2ccc(Br)cc2)s1. The van der Waals surface area contributed by atoms with E-state index in [1.165, 1.54) is 11.3 Å². The van der Waals surface area contributed by atoms with Gasteiger partial charge in [0.1, 0.15) is 5.75 Å². The van der Waals surface area contributed by atoms with Crippen molar-refractivity contribution in [1.82, 2.24) is 10.2 Å². The van der Waals surface area contributed by atoms with Gasteiger partial charge in [0.15, 0.2) is 10.4 Å². The third-order valence-electron chi connectivity index (χ3n) is 2.56. The molecular formula is C14H16BrN3O2S2. The minimum Gasteiger partial charge on any atom is -0.481 e. The number of thioether (sulfide) groups is 1. The second-order valence-corrected chi connectivity index (χ2v) is 7.66. The topological polar surface area (TPSA) is 64.1 Å². The van der Waals surface area contributed by atoms with E-state index in [9.17, 15) is 4.79 Å². The Morgan fingerprint density at radius 2 is 2.14 bits per heavy atom. The van der Waals surface area contributed by atoms with Gasteiger partial charge < -0.3 is 4.74 Å². The highest BCUT2D eigenvalue weighted by molar-refractivity contribution is 9.10. The molecule has 1 heterocycles. The third kappa shape index (κ3) is 5.26. The first-order valence-electron chi connectivity index (χ1n) is 6.78. The number of hydrogen-bond acceptors (Lipinski definition) is 6. The lowest BCUT2D eigenvalue weighted by atomic mass is 10.3. The van der Waals surface area contributed by atoms with Gasteiger partial charge in [0, 0.05) is 10.2 Å². The highest BCUT2D eigenvalue weighted by Gasteiger charge is 2.17. The number of nitrogens with zero attached hydrogens (tertiary/aromatic N) is 2. The summed E-state index contributed by atoms with van der Waals surface area (Å²) in [6.45, 7) is 3.81. The van der Waals surface area contributed by atoms with E-state index in [1.807, 2.05) is 12.1 Å². The molecule has 0 bridgehead atoms. The quantitative estimate of drug-likeness (QED) is 0.555. The zero-order valence-corrected chi connectivity index (χ0v) is 15.4. The molecule has 0 spiro atoms. The minimum atomic E-state index is -0.614. The molecule has 0 saturated heterocycles. The van der Waals surface area contributed by atoms with E-state index < -0.39 is 6.10 Å². The van der Waals surface area contributed by atoms with Crippen molar-refractivity contribution in [2.24, 2.45) is 0 Å². The molecule has 0 aliphatic carbocycles. The van der Waals surface area contributed by atoms with E-state index in [4.69, 9.17) is 4.74 Å². The van der Waals surface area contributed by atoms with Crippen LogP contribution in [0.1, 0.15) is 20.3 Å². The Morgan fingerprint density at radius 3 is 2.82 bits per heavy atom. The summed E-state index contributed by atoms with van der Waals surface area (Å²) in [5.41, 5.74) is 0. The molecule has 22 heavy (non-hydrogen) atoms. The molecule has 2 aromatic rings. The first-order valence-corrected chi connectivity index (χ1v) is 9.37. The molecule has 0 fully saturated rings. The van der Waals surface area contributed by atoms with Gasteiger partial charge in [-0.15, -0.1) is 10.2 Å². The molecule has 1 aromatic heterocycles. The lowest BCUT2D eigenvalue weighted by Crippen LogP contribution is -2.30. The fourth-order valence-corrected chi connectivity index (χ4v) is 3.43. The van der Waals surface area contributed by atoms with Crippen molar-refractivity contribution in [3.63, 3.8) is 0 Å². The van der Waals surface area contributed by atoms with Gasteiger partial charge in [0.05, 0.1) is 0 Å². The molecule has 1 atom stereocenters. The normalized spacial score (nSPS) is 12.0. The molecule has 1 amide bonds. The first-order chi connectivity index (χ1) is 10.6. The fourth-order valence-electron chi connectivity index (χ4n) is 1.49. The molecule has 118 valence electrons. The number of carbonyl (C=O) groups excluding carboxylic acids is 1. The van der Waals surface area contributed by atoms with Crippen LogP contribution < -0.4 is 10.1 Å². The zero-order valence-electron chi connectivity index (χ0n) is 12.2. The van der Waals surface area contributed by atoms with Crippen LogP contribution in [0.2, 0.25) is 0 Å². The first kappa shape index (κ1) is 17.2. The summed E-state index contributed by atoms with van der Waals surface area (Å²) in [4.78, 5) is 12.1.